The van der Waals surface area contributed by atoms with Crippen molar-refractivity contribution < 1.29 is 22.7 Å². The average Bonchev–Trinajstić information content (AvgIpc) is 2.26. The van der Waals surface area contributed by atoms with Gasteiger partial charge in [-0.1, -0.05) is 0 Å². The van der Waals surface area contributed by atoms with Gasteiger partial charge in [-0.15, -0.1) is 0 Å². The number of halogens is 3. The van der Waals surface area contributed by atoms with E-state index in [4.69, 9.17) is 10.5 Å². The second-order valence-electron chi connectivity index (χ2n) is 3.78. The predicted octanol–water partition coefficient (Wildman–Crippen LogP) is 2.60. The Kier molecular flexibility index (Phi) is 4.55. The van der Waals surface area contributed by atoms with Crippen LogP contribution in [0.25, 0.3) is 0 Å². The summed E-state index contributed by atoms with van der Waals surface area (Å²) in [5, 5.41) is 2.29. The minimum Gasteiger partial charge on any atom is -0.448 e. The molecule has 0 aliphatic rings. The van der Waals surface area contributed by atoms with Crippen LogP contribution in [0.4, 0.5) is 23.7 Å². The summed E-state index contributed by atoms with van der Waals surface area (Å²) in [5.41, 5.74) is 4.81. The van der Waals surface area contributed by atoms with Crippen molar-refractivity contribution in [3.8, 4) is 0 Å². The molecule has 0 saturated carbocycles. The highest BCUT2D eigenvalue weighted by Gasteiger charge is 2.29. The van der Waals surface area contributed by atoms with E-state index < -0.39 is 17.8 Å². The van der Waals surface area contributed by atoms with Crippen molar-refractivity contribution in [3.05, 3.63) is 29.8 Å². The lowest BCUT2D eigenvalue weighted by Crippen LogP contribution is -2.26. The van der Waals surface area contributed by atoms with Gasteiger partial charge in [0.05, 0.1) is 5.56 Å². The molecule has 1 aromatic rings. The van der Waals surface area contributed by atoms with E-state index in [1.54, 1.807) is 6.92 Å². The second kappa shape index (κ2) is 5.72. The van der Waals surface area contributed by atoms with E-state index in [9.17, 15) is 18.0 Å². The van der Waals surface area contributed by atoms with Gasteiger partial charge < -0.3 is 10.5 Å². The Morgan fingerprint density at radius 1 is 1.39 bits per heavy atom. The Labute approximate surface area is 102 Å². The quantitative estimate of drug-likeness (QED) is 0.880. The van der Waals surface area contributed by atoms with Crippen LogP contribution < -0.4 is 11.1 Å². The molecule has 1 rings (SSSR count). The number of carbonyl (C=O) groups is 1. The minimum atomic E-state index is -4.39. The number of nitrogens with two attached hydrogens (primary N) is 1. The first-order valence-electron chi connectivity index (χ1n) is 5.15. The maximum Gasteiger partial charge on any atom is 0.416 e. The summed E-state index contributed by atoms with van der Waals surface area (Å²) in [6.45, 7) is 1.69. The number of benzene rings is 1. The SMILES string of the molecule is CC(N)COC(=O)Nc1ccc(C(F)(F)F)cc1. The van der Waals surface area contributed by atoms with Gasteiger partial charge in [0, 0.05) is 11.7 Å². The molecule has 1 amide bonds. The summed E-state index contributed by atoms with van der Waals surface area (Å²) in [7, 11) is 0. The lowest BCUT2D eigenvalue weighted by atomic mass is 10.2. The highest BCUT2D eigenvalue weighted by atomic mass is 19.4. The maximum absolute atomic E-state index is 12.3. The van der Waals surface area contributed by atoms with E-state index in [2.05, 4.69) is 5.32 Å². The van der Waals surface area contributed by atoms with Crippen LogP contribution in [0.1, 0.15) is 12.5 Å². The van der Waals surface area contributed by atoms with Crippen molar-refractivity contribution in [3.63, 3.8) is 0 Å². The smallest absolute Gasteiger partial charge is 0.416 e. The molecular weight excluding hydrogens is 249 g/mol. The number of alkyl halides is 3. The lowest BCUT2D eigenvalue weighted by molar-refractivity contribution is -0.137. The third-order valence-corrected chi connectivity index (χ3v) is 1.94. The maximum atomic E-state index is 12.3. The van der Waals surface area contributed by atoms with Gasteiger partial charge in [0.1, 0.15) is 6.61 Å². The van der Waals surface area contributed by atoms with Gasteiger partial charge in [0.15, 0.2) is 0 Å². The number of anilines is 1. The Hall–Kier alpha value is -1.76. The Morgan fingerprint density at radius 2 is 1.94 bits per heavy atom. The molecule has 0 aliphatic carbocycles. The number of carbonyl (C=O) groups excluding carboxylic acids is 1. The number of rotatable bonds is 3. The van der Waals surface area contributed by atoms with Crippen LogP contribution >= 0.6 is 0 Å². The molecule has 18 heavy (non-hydrogen) atoms. The normalized spacial score (nSPS) is 12.9. The van der Waals surface area contributed by atoms with E-state index in [0.717, 1.165) is 24.3 Å². The first-order chi connectivity index (χ1) is 8.29. The number of hydrogen-bond donors (Lipinski definition) is 2. The van der Waals surface area contributed by atoms with Crippen molar-refractivity contribution in [1.29, 1.82) is 0 Å². The van der Waals surface area contributed by atoms with Crippen LogP contribution in [0.2, 0.25) is 0 Å². The van der Waals surface area contributed by atoms with E-state index in [0.29, 0.717) is 0 Å². The Balaban J connectivity index is 2.56. The monoisotopic (exact) mass is 262 g/mol. The number of hydrogen-bond acceptors (Lipinski definition) is 3. The van der Waals surface area contributed by atoms with Gasteiger partial charge in [-0.25, -0.2) is 4.79 Å². The molecule has 0 fully saturated rings. The summed E-state index contributed by atoms with van der Waals surface area (Å²) >= 11 is 0. The topological polar surface area (TPSA) is 64.3 Å². The molecule has 0 aromatic heterocycles. The summed E-state index contributed by atoms with van der Waals surface area (Å²) in [6, 6.07) is 3.75. The van der Waals surface area contributed by atoms with Gasteiger partial charge in [-0.2, -0.15) is 13.2 Å². The van der Waals surface area contributed by atoms with Crippen LogP contribution in [-0.4, -0.2) is 18.7 Å². The van der Waals surface area contributed by atoms with Crippen LogP contribution in [0, 0.1) is 0 Å². The number of amides is 1. The molecule has 0 heterocycles. The highest BCUT2D eigenvalue weighted by Crippen LogP contribution is 2.29. The van der Waals surface area contributed by atoms with Crippen molar-refractivity contribution in [2.75, 3.05) is 11.9 Å². The van der Waals surface area contributed by atoms with Crippen molar-refractivity contribution >= 4 is 11.8 Å². The number of ether oxygens (including phenoxy) is 1. The summed E-state index contributed by atoms with van der Waals surface area (Å²) in [6.07, 6.45) is -5.15. The highest BCUT2D eigenvalue weighted by molar-refractivity contribution is 5.84. The molecule has 0 aliphatic heterocycles. The zero-order valence-corrected chi connectivity index (χ0v) is 9.62. The molecule has 4 nitrogen and oxygen atoms in total. The van der Waals surface area contributed by atoms with E-state index in [-0.39, 0.29) is 18.3 Å². The second-order valence-corrected chi connectivity index (χ2v) is 3.78. The van der Waals surface area contributed by atoms with E-state index in [1.807, 2.05) is 0 Å². The first kappa shape index (κ1) is 14.3. The summed E-state index contributed by atoms with van der Waals surface area (Å²) in [4.78, 5) is 11.2. The molecule has 1 atom stereocenters. The Bertz CT molecular complexity index is 402. The molecule has 1 unspecified atom stereocenters. The van der Waals surface area contributed by atoms with Crippen LogP contribution in [0.3, 0.4) is 0 Å². The molecule has 0 spiro atoms. The largest absolute Gasteiger partial charge is 0.448 e. The van der Waals surface area contributed by atoms with Gasteiger partial charge in [-0.3, -0.25) is 5.32 Å². The fourth-order valence-corrected chi connectivity index (χ4v) is 1.10. The first-order valence-corrected chi connectivity index (χ1v) is 5.15. The van der Waals surface area contributed by atoms with E-state index in [1.165, 1.54) is 0 Å². The van der Waals surface area contributed by atoms with Gasteiger partial charge in [-0.05, 0) is 31.2 Å². The van der Waals surface area contributed by atoms with E-state index >= 15 is 0 Å². The summed E-state index contributed by atoms with van der Waals surface area (Å²) in [5.74, 6) is 0. The van der Waals surface area contributed by atoms with Crippen molar-refractivity contribution in [2.24, 2.45) is 5.73 Å². The Morgan fingerprint density at radius 3 is 2.39 bits per heavy atom. The third-order valence-electron chi connectivity index (χ3n) is 1.94. The fraction of sp³-hybridized carbons (Fsp3) is 0.364. The molecule has 0 bridgehead atoms. The van der Waals surface area contributed by atoms with Crippen molar-refractivity contribution in [2.45, 2.75) is 19.1 Å². The van der Waals surface area contributed by atoms with Crippen LogP contribution in [-0.2, 0) is 10.9 Å². The zero-order chi connectivity index (χ0) is 13.8. The van der Waals surface area contributed by atoms with Gasteiger partial charge in [0.25, 0.3) is 0 Å². The molecule has 3 N–H and O–H groups in total. The summed E-state index contributed by atoms with van der Waals surface area (Å²) < 4.78 is 41.5. The average molecular weight is 262 g/mol. The molecular formula is C11H13F3N2O2. The lowest BCUT2D eigenvalue weighted by Gasteiger charge is -2.10. The molecule has 0 radical (unpaired) electrons. The van der Waals surface area contributed by atoms with Gasteiger partial charge in [0.2, 0.25) is 0 Å². The van der Waals surface area contributed by atoms with Crippen LogP contribution in [0.15, 0.2) is 24.3 Å². The molecule has 0 saturated heterocycles. The van der Waals surface area contributed by atoms with Crippen LogP contribution in [0.5, 0.6) is 0 Å². The molecule has 100 valence electrons. The minimum absolute atomic E-state index is 0.0342. The number of nitrogens with one attached hydrogen (secondary N) is 1. The zero-order valence-electron chi connectivity index (χ0n) is 9.62. The van der Waals surface area contributed by atoms with Gasteiger partial charge >= 0.3 is 12.3 Å². The fourth-order valence-electron chi connectivity index (χ4n) is 1.10. The van der Waals surface area contributed by atoms with Crippen molar-refractivity contribution in [1.82, 2.24) is 0 Å². The molecule has 7 heteroatoms. The standard InChI is InChI=1S/C11H13F3N2O2/c1-7(15)6-18-10(17)16-9-4-2-8(3-5-9)11(12,13)14/h2-5,7H,6,15H2,1H3,(H,16,17). The molecule has 1 aromatic carbocycles. The third kappa shape index (κ3) is 4.62. The predicted molar refractivity (Wildman–Crippen MR) is 60.1 cm³/mol.